The van der Waals surface area contributed by atoms with Gasteiger partial charge in [-0.05, 0) is 36.1 Å². The second-order valence-electron chi connectivity index (χ2n) is 6.19. The molecule has 3 rings (SSSR count). The van der Waals surface area contributed by atoms with Crippen LogP contribution in [0.1, 0.15) is 25.7 Å². The molecular weight excluding hydrogens is 344 g/mol. The van der Waals surface area contributed by atoms with Gasteiger partial charge in [0.2, 0.25) is 10.0 Å². The number of hydrogen-bond donors (Lipinski definition) is 2. The van der Waals surface area contributed by atoms with E-state index in [1.807, 2.05) is 36.4 Å². The van der Waals surface area contributed by atoms with E-state index < -0.39 is 15.6 Å². The van der Waals surface area contributed by atoms with Crippen LogP contribution in [0.4, 0.5) is 0 Å². The monoisotopic (exact) mass is 366 g/mol. The molecule has 4 nitrogen and oxygen atoms in total. The second-order valence-corrected chi connectivity index (χ2v) is 7.87. The van der Waals surface area contributed by atoms with E-state index in [4.69, 9.17) is 5.73 Å². The maximum atomic E-state index is 12.8. The van der Waals surface area contributed by atoms with Gasteiger partial charge in [-0.25, -0.2) is 13.1 Å². The lowest BCUT2D eigenvalue weighted by atomic mass is 10.0. The van der Waals surface area contributed by atoms with Crippen LogP contribution in [0.25, 0.3) is 11.1 Å². The van der Waals surface area contributed by atoms with Crippen LogP contribution >= 0.6 is 12.4 Å². The first kappa shape index (κ1) is 18.9. The third-order valence-electron chi connectivity index (χ3n) is 4.55. The molecular formula is C18H23ClN2O2S. The van der Waals surface area contributed by atoms with Crippen LogP contribution in [0.5, 0.6) is 0 Å². The molecule has 0 heterocycles. The van der Waals surface area contributed by atoms with Crippen LogP contribution in [-0.4, -0.2) is 20.5 Å². The third-order valence-corrected chi connectivity index (χ3v) is 6.13. The van der Waals surface area contributed by atoms with E-state index in [0.29, 0.717) is 11.4 Å². The molecule has 0 atom stereocenters. The van der Waals surface area contributed by atoms with Gasteiger partial charge >= 0.3 is 0 Å². The minimum atomic E-state index is -3.57. The summed E-state index contributed by atoms with van der Waals surface area (Å²) >= 11 is 0. The van der Waals surface area contributed by atoms with Gasteiger partial charge in [-0.15, -0.1) is 12.4 Å². The highest BCUT2D eigenvalue weighted by Gasteiger charge is 2.36. The van der Waals surface area contributed by atoms with Crippen molar-refractivity contribution in [2.24, 2.45) is 5.73 Å². The van der Waals surface area contributed by atoms with E-state index in [1.165, 1.54) is 0 Å². The summed E-state index contributed by atoms with van der Waals surface area (Å²) in [6, 6.07) is 16.8. The first-order valence-electron chi connectivity index (χ1n) is 7.94. The van der Waals surface area contributed by atoms with E-state index in [-0.39, 0.29) is 12.4 Å². The van der Waals surface area contributed by atoms with Crippen molar-refractivity contribution in [3.05, 3.63) is 54.6 Å². The Bertz CT molecular complexity index is 773. The Labute approximate surface area is 149 Å². The lowest BCUT2D eigenvalue weighted by Crippen LogP contribution is -2.51. The number of nitrogens with one attached hydrogen (secondary N) is 1. The minimum absolute atomic E-state index is 0. The number of hydrogen-bond acceptors (Lipinski definition) is 3. The van der Waals surface area contributed by atoms with E-state index in [0.717, 1.165) is 36.8 Å². The summed E-state index contributed by atoms with van der Waals surface area (Å²) < 4.78 is 28.4. The number of nitrogens with two attached hydrogens (primary N) is 1. The summed E-state index contributed by atoms with van der Waals surface area (Å²) in [5.74, 6) is 0. The van der Waals surface area contributed by atoms with Crippen LogP contribution in [0, 0.1) is 0 Å². The molecule has 2 aromatic carbocycles. The third kappa shape index (κ3) is 3.98. The SMILES string of the molecule is Cl.NCC1(NS(=O)(=O)c2cccc(-c3ccccc3)c2)CCCC1. The predicted molar refractivity (Wildman–Crippen MR) is 99.7 cm³/mol. The lowest BCUT2D eigenvalue weighted by Gasteiger charge is -2.28. The Balaban J connectivity index is 0.00000208. The molecule has 2 aromatic rings. The van der Waals surface area contributed by atoms with Crippen molar-refractivity contribution in [3.63, 3.8) is 0 Å². The molecule has 0 aromatic heterocycles. The van der Waals surface area contributed by atoms with Gasteiger partial charge in [0, 0.05) is 12.1 Å². The topological polar surface area (TPSA) is 72.2 Å². The highest BCUT2D eigenvalue weighted by atomic mass is 35.5. The molecule has 0 spiro atoms. The normalized spacial score (nSPS) is 16.5. The molecule has 1 saturated carbocycles. The standard InChI is InChI=1S/C18H22N2O2S.ClH/c19-14-18(11-4-5-12-18)20-23(21,22)17-10-6-9-16(13-17)15-7-2-1-3-8-15;/h1-3,6-10,13,20H,4-5,11-12,14,19H2;1H. The van der Waals surface area contributed by atoms with Crippen molar-refractivity contribution in [2.75, 3.05) is 6.54 Å². The van der Waals surface area contributed by atoms with E-state index >= 15 is 0 Å². The lowest BCUT2D eigenvalue weighted by molar-refractivity contribution is 0.399. The summed E-state index contributed by atoms with van der Waals surface area (Å²) in [5.41, 5.74) is 7.25. The number of benzene rings is 2. The predicted octanol–water partition coefficient (Wildman–Crippen LogP) is 3.33. The van der Waals surface area contributed by atoms with E-state index in [2.05, 4.69) is 4.72 Å². The quantitative estimate of drug-likeness (QED) is 0.852. The van der Waals surface area contributed by atoms with Gasteiger partial charge in [0.1, 0.15) is 0 Å². The number of halogens is 1. The number of sulfonamides is 1. The molecule has 0 aliphatic heterocycles. The Kier molecular flexibility index (Phi) is 6.04. The van der Waals surface area contributed by atoms with Crippen LogP contribution in [-0.2, 0) is 10.0 Å². The summed E-state index contributed by atoms with van der Waals surface area (Å²) in [5, 5.41) is 0. The highest BCUT2D eigenvalue weighted by Crippen LogP contribution is 2.31. The first-order chi connectivity index (χ1) is 11.0. The molecule has 0 bridgehead atoms. The highest BCUT2D eigenvalue weighted by molar-refractivity contribution is 7.89. The van der Waals surface area contributed by atoms with E-state index in [9.17, 15) is 8.42 Å². The average Bonchev–Trinajstić information content (AvgIpc) is 3.04. The summed E-state index contributed by atoms with van der Waals surface area (Å²) in [4.78, 5) is 0.290. The molecule has 3 N–H and O–H groups in total. The molecule has 130 valence electrons. The number of rotatable bonds is 5. The molecule has 1 aliphatic carbocycles. The molecule has 0 amide bonds. The van der Waals surface area contributed by atoms with Gasteiger partial charge in [-0.1, -0.05) is 55.3 Å². The molecule has 0 unspecified atom stereocenters. The molecule has 1 aliphatic rings. The van der Waals surface area contributed by atoms with Crippen LogP contribution in [0.3, 0.4) is 0 Å². The molecule has 6 heteroatoms. The maximum absolute atomic E-state index is 12.8. The maximum Gasteiger partial charge on any atom is 0.241 e. The van der Waals surface area contributed by atoms with Gasteiger partial charge in [0.15, 0.2) is 0 Å². The van der Waals surface area contributed by atoms with Gasteiger partial charge < -0.3 is 5.73 Å². The Hall–Kier alpha value is -1.40. The van der Waals surface area contributed by atoms with Crippen molar-refractivity contribution in [1.82, 2.24) is 4.72 Å². The fraction of sp³-hybridized carbons (Fsp3) is 0.333. The zero-order chi connectivity index (χ0) is 16.3. The molecule has 0 saturated heterocycles. The van der Waals surface area contributed by atoms with Crippen molar-refractivity contribution < 1.29 is 8.42 Å². The summed E-state index contributed by atoms with van der Waals surface area (Å²) in [6.07, 6.45) is 3.65. The van der Waals surface area contributed by atoms with Crippen LogP contribution < -0.4 is 10.5 Å². The fourth-order valence-electron chi connectivity index (χ4n) is 3.22. The Morgan fingerprint density at radius 3 is 2.21 bits per heavy atom. The largest absolute Gasteiger partial charge is 0.329 e. The van der Waals surface area contributed by atoms with E-state index in [1.54, 1.807) is 18.2 Å². The van der Waals surface area contributed by atoms with Crippen LogP contribution in [0.2, 0.25) is 0 Å². The second kappa shape index (κ2) is 7.66. The summed E-state index contributed by atoms with van der Waals surface area (Å²) in [6.45, 7) is 0.338. The van der Waals surface area contributed by atoms with Crippen molar-refractivity contribution >= 4 is 22.4 Å². The Morgan fingerprint density at radius 1 is 0.958 bits per heavy atom. The minimum Gasteiger partial charge on any atom is -0.329 e. The Morgan fingerprint density at radius 2 is 1.58 bits per heavy atom. The van der Waals surface area contributed by atoms with Gasteiger partial charge in [0.05, 0.1) is 4.90 Å². The van der Waals surface area contributed by atoms with Gasteiger partial charge in [0.25, 0.3) is 0 Å². The van der Waals surface area contributed by atoms with Gasteiger partial charge in [-0.2, -0.15) is 0 Å². The summed E-state index contributed by atoms with van der Waals surface area (Å²) in [7, 11) is -3.57. The average molecular weight is 367 g/mol. The molecule has 24 heavy (non-hydrogen) atoms. The molecule has 1 fully saturated rings. The van der Waals surface area contributed by atoms with Crippen molar-refractivity contribution in [1.29, 1.82) is 0 Å². The zero-order valence-electron chi connectivity index (χ0n) is 13.4. The van der Waals surface area contributed by atoms with Crippen molar-refractivity contribution in [3.8, 4) is 11.1 Å². The van der Waals surface area contributed by atoms with Crippen LogP contribution in [0.15, 0.2) is 59.5 Å². The first-order valence-corrected chi connectivity index (χ1v) is 9.43. The smallest absolute Gasteiger partial charge is 0.241 e. The zero-order valence-corrected chi connectivity index (χ0v) is 15.1. The van der Waals surface area contributed by atoms with Gasteiger partial charge in [-0.3, -0.25) is 0 Å². The fourth-order valence-corrected chi connectivity index (χ4v) is 4.73. The molecule has 0 radical (unpaired) electrons. The van der Waals surface area contributed by atoms with Crippen molar-refractivity contribution in [2.45, 2.75) is 36.1 Å².